The molecule has 5 heterocycles. The van der Waals surface area contributed by atoms with Crippen molar-refractivity contribution >= 4 is 50.2 Å². The number of quaternary nitrogens is 2. The Kier molecular flexibility index (Phi) is 5.33. The number of rotatable bonds is 4. The van der Waals surface area contributed by atoms with Crippen LogP contribution in [0, 0.1) is 6.67 Å². The molecule has 2 bridgehead atoms. The fourth-order valence-electron chi connectivity index (χ4n) is 7.40. The number of fused-ring (bicyclic) bond motifs is 3. The highest BCUT2D eigenvalue weighted by Crippen LogP contribution is 2.61. The molecule has 2 atom stereocenters. The summed E-state index contributed by atoms with van der Waals surface area (Å²) in [6, 6.07) is 34.5. The maximum absolute atomic E-state index is 8.52. The highest BCUT2D eigenvalue weighted by molar-refractivity contribution is 6.10. The summed E-state index contributed by atoms with van der Waals surface area (Å²) in [6.45, 7) is 13.6. The molecule has 0 aliphatic carbocycles. The van der Waals surface area contributed by atoms with Crippen LogP contribution in [0.3, 0.4) is 0 Å². The minimum absolute atomic E-state index is 0.00109. The fraction of sp³-hybridized carbons (Fsp3) is 0.268. The third-order valence-electron chi connectivity index (χ3n) is 10.1. The van der Waals surface area contributed by atoms with Crippen LogP contribution in [-0.4, -0.2) is 30.2 Å². The number of hydrogen-bond donors (Lipinski definition) is 0. The van der Waals surface area contributed by atoms with E-state index in [2.05, 4.69) is 149 Å². The van der Waals surface area contributed by atoms with E-state index in [1.807, 2.05) is 18.9 Å². The quantitative estimate of drug-likeness (QED) is 0.146. The Morgan fingerprint density at radius 1 is 0.739 bits per heavy atom. The number of pyridine rings is 1. The van der Waals surface area contributed by atoms with Gasteiger partial charge in [-0.25, -0.2) is 4.98 Å². The maximum Gasteiger partial charge on any atom is 0.181 e. The standard InChI is InChI=1S/C41H44N5/c1-40(2,3)28-16-19-37-38(22-28)46(26-45(37,8)27-46)32-13-11-12-30(24-32)43(7)31-17-18-34-33-14-9-10-15-35(33)44(36(34)25-31)39-23-29(20-21-42-39)41(4,5)6/h9-26H,27H2,1-8H3/q+1/t45-,46+/m0/s1/i8D3. The zero-order valence-corrected chi connectivity index (χ0v) is 27.8. The van der Waals surface area contributed by atoms with E-state index in [1.54, 1.807) is 0 Å². The van der Waals surface area contributed by atoms with Crippen LogP contribution in [0.2, 0.25) is 0 Å². The van der Waals surface area contributed by atoms with Crippen LogP contribution < -0.4 is 13.9 Å². The van der Waals surface area contributed by atoms with Crippen molar-refractivity contribution in [2.75, 3.05) is 25.6 Å². The molecule has 232 valence electrons. The molecule has 0 saturated carbocycles. The molecule has 6 aromatic rings. The van der Waals surface area contributed by atoms with Crippen molar-refractivity contribution < 1.29 is 4.11 Å². The lowest BCUT2D eigenvalue weighted by molar-refractivity contribution is 0.157. The van der Waals surface area contributed by atoms with E-state index in [1.165, 1.54) is 21.9 Å². The van der Waals surface area contributed by atoms with Crippen LogP contribution in [-0.2, 0) is 10.8 Å². The summed E-state index contributed by atoms with van der Waals surface area (Å²) in [5.74, 6) is 0.905. The molecule has 1 fully saturated rings. The molecule has 0 radical (unpaired) electrons. The zero-order valence-electron chi connectivity index (χ0n) is 30.8. The largest absolute Gasteiger partial charge is 0.344 e. The van der Waals surface area contributed by atoms with Crippen LogP contribution in [0.25, 0.3) is 27.6 Å². The van der Waals surface area contributed by atoms with E-state index in [4.69, 9.17) is 9.10 Å². The molecule has 3 aliphatic heterocycles. The highest BCUT2D eigenvalue weighted by Gasteiger charge is 2.59. The first-order valence-corrected chi connectivity index (χ1v) is 16.2. The summed E-state index contributed by atoms with van der Waals surface area (Å²) in [7, 11) is 2.10. The van der Waals surface area contributed by atoms with Crippen molar-refractivity contribution in [1.29, 1.82) is 0 Å². The van der Waals surface area contributed by atoms with Crippen LogP contribution in [0.4, 0.5) is 28.4 Å². The highest BCUT2D eigenvalue weighted by atomic mass is 15.7. The van der Waals surface area contributed by atoms with Crippen molar-refractivity contribution in [2.45, 2.75) is 52.4 Å². The first kappa shape index (κ1) is 25.7. The Labute approximate surface area is 277 Å². The van der Waals surface area contributed by atoms with Crippen LogP contribution in [0.5, 0.6) is 0 Å². The number of hydrogen-bond acceptors (Lipinski definition) is 2. The molecule has 46 heavy (non-hydrogen) atoms. The van der Waals surface area contributed by atoms with Crippen molar-refractivity contribution in [1.82, 2.24) is 18.5 Å². The lowest BCUT2D eigenvalue weighted by Crippen LogP contribution is -2.68. The van der Waals surface area contributed by atoms with Gasteiger partial charge in [0.2, 0.25) is 0 Å². The Hall–Kier alpha value is -4.45. The normalized spacial score (nSPS) is 21.8. The lowest BCUT2D eigenvalue weighted by Gasteiger charge is -2.55. The lowest BCUT2D eigenvalue weighted by atomic mass is 9.86. The van der Waals surface area contributed by atoms with E-state index >= 15 is 0 Å². The summed E-state index contributed by atoms with van der Waals surface area (Å²) in [4.78, 5) is 7.08. The zero-order chi connectivity index (χ0) is 34.7. The predicted molar refractivity (Wildman–Crippen MR) is 195 cm³/mol. The molecular formula is C41H44N5+. The molecule has 5 nitrogen and oxygen atoms in total. The van der Waals surface area contributed by atoms with Crippen LogP contribution >= 0.6 is 0 Å². The van der Waals surface area contributed by atoms with Gasteiger partial charge in [-0.15, -0.1) is 0 Å². The van der Waals surface area contributed by atoms with Gasteiger partial charge in [-0.3, -0.25) is 9.05 Å². The van der Waals surface area contributed by atoms with E-state index in [0.717, 1.165) is 45.3 Å². The van der Waals surface area contributed by atoms with Crippen LogP contribution in [0.15, 0.2) is 103 Å². The fourth-order valence-corrected chi connectivity index (χ4v) is 7.40. The number of aromatic nitrogens is 2. The average Bonchev–Trinajstić information content (AvgIpc) is 3.64. The number of anilines is 2. The van der Waals surface area contributed by atoms with Gasteiger partial charge in [-0.05, 0) is 64.4 Å². The second-order valence-electron chi connectivity index (χ2n) is 15.2. The summed E-state index contributed by atoms with van der Waals surface area (Å²) < 4.78 is 28.2. The summed E-state index contributed by atoms with van der Waals surface area (Å²) in [5.41, 5.74) is 9.68. The molecule has 9 rings (SSSR count). The van der Waals surface area contributed by atoms with E-state index in [0.29, 0.717) is 11.2 Å². The molecule has 3 aliphatic rings. The molecule has 4 aromatic carbocycles. The van der Waals surface area contributed by atoms with E-state index < -0.39 is 6.98 Å². The van der Waals surface area contributed by atoms with Gasteiger partial charge in [0.15, 0.2) is 18.0 Å². The maximum atomic E-state index is 8.52. The first-order chi connectivity index (χ1) is 23.0. The van der Waals surface area contributed by atoms with Crippen molar-refractivity contribution in [3.05, 3.63) is 121 Å². The number of benzene rings is 4. The third-order valence-corrected chi connectivity index (χ3v) is 10.1. The first-order valence-electron chi connectivity index (χ1n) is 17.7. The second kappa shape index (κ2) is 9.54. The minimum atomic E-state index is -2.18. The molecule has 2 aromatic heterocycles. The topological polar surface area (TPSA) is 21.1 Å². The Morgan fingerprint density at radius 3 is 2.22 bits per heavy atom. The van der Waals surface area contributed by atoms with Crippen LogP contribution in [0.1, 0.15) is 56.8 Å². The Bertz CT molecular complexity index is 2280. The van der Waals surface area contributed by atoms with Gasteiger partial charge in [-0.1, -0.05) is 77.9 Å². The Morgan fingerprint density at radius 2 is 1.46 bits per heavy atom. The minimum Gasteiger partial charge on any atom is -0.344 e. The molecule has 0 unspecified atom stereocenters. The van der Waals surface area contributed by atoms with Gasteiger partial charge < -0.3 is 9.38 Å². The molecule has 0 N–H and O–H groups in total. The predicted octanol–water partition coefficient (Wildman–Crippen LogP) is 10.2. The average molecular weight is 610 g/mol. The van der Waals surface area contributed by atoms with Gasteiger partial charge in [0.1, 0.15) is 11.5 Å². The molecule has 0 amide bonds. The number of para-hydroxylation sites is 1. The molecule has 0 spiro atoms. The molecule has 1 saturated heterocycles. The van der Waals surface area contributed by atoms with E-state index in [9.17, 15) is 0 Å². The summed E-state index contributed by atoms with van der Waals surface area (Å²) in [6.07, 6.45) is 1.92. The van der Waals surface area contributed by atoms with Gasteiger partial charge in [0.05, 0.1) is 28.8 Å². The smallest absolute Gasteiger partial charge is 0.181 e. The monoisotopic (exact) mass is 609 g/mol. The van der Waals surface area contributed by atoms with Gasteiger partial charge in [-0.2, -0.15) is 0 Å². The SMILES string of the molecule is [2H]C([2H])([2H])[N@+]12[CH-][N@+](c3cccc(N(C)c4ccc5c6ccccc6n(-c6cc(C(C)(C)C)ccn6)c5c4)c3)(C1)c1cc(C(C)(C)C)ccc12. The van der Waals surface area contributed by atoms with Crippen molar-refractivity contribution in [2.24, 2.45) is 0 Å². The molecular weight excluding hydrogens is 562 g/mol. The van der Waals surface area contributed by atoms with E-state index in [-0.39, 0.29) is 15.3 Å². The molecule has 5 heteroatoms. The van der Waals surface area contributed by atoms with Crippen molar-refractivity contribution in [3.63, 3.8) is 0 Å². The summed E-state index contributed by atoms with van der Waals surface area (Å²) >= 11 is 0. The van der Waals surface area contributed by atoms with Gasteiger partial charge >= 0.3 is 0 Å². The van der Waals surface area contributed by atoms with Gasteiger partial charge in [0.25, 0.3) is 0 Å². The summed E-state index contributed by atoms with van der Waals surface area (Å²) in [5, 5.41) is 2.37. The Balaban J connectivity index is 1.23. The van der Waals surface area contributed by atoms with Gasteiger partial charge in [0, 0.05) is 53.6 Å². The second-order valence-corrected chi connectivity index (χ2v) is 15.2. The third kappa shape index (κ3) is 4.18. The van der Waals surface area contributed by atoms with Crippen molar-refractivity contribution in [3.8, 4) is 5.82 Å². The number of nitrogens with zero attached hydrogens (tertiary/aromatic N) is 5.